The normalized spacial score (nSPS) is 16.5. The Labute approximate surface area is 125 Å². The van der Waals surface area contributed by atoms with Crippen LogP contribution in [0.1, 0.15) is 18.7 Å². The highest BCUT2D eigenvalue weighted by Crippen LogP contribution is 2.34. The summed E-state index contributed by atoms with van der Waals surface area (Å²) in [6, 6.07) is 7.21. The summed E-state index contributed by atoms with van der Waals surface area (Å²) >= 11 is 5.99. The van der Waals surface area contributed by atoms with Gasteiger partial charge in [0, 0.05) is 6.08 Å². The van der Waals surface area contributed by atoms with Gasteiger partial charge in [-0.3, -0.25) is 4.79 Å². The molecule has 1 heterocycles. The second kappa shape index (κ2) is 4.79. The number of nitriles is 1. The van der Waals surface area contributed by atoms with Crippen LogP contribution in [0.4, 0.5) is 0 Å². The van der Waals surface area contributed by atoms with Crippen molar-refractivity contribution in [3.63, 3.8) is 0 Å². The molecule has 0 atom stereocenters. The summed E-state index contributed by atoms with van der Waals surface area (Å²) in [5.74, 6) is -0.324. The Bertz CT molecular complexity index is 799. The van der Waals surface area contributed by atoms with Gasteiger partial charge in [0.2, 0.25) is 5.89 Å². The summed E-state index contributed by atoms with van der Waals surface area (Å²) in [6.45, 7) is 0. The molecule has 1 aliphatic carbocycles. The van der Waals surface area contributed by atoms with Crippen LogP contribution < -0.4 is 11.1 Å². The monoisotopic (exact) mass is 302 g/mol. The molecule has 1 saturated carbocycles. The average Bonchev–Trinajstić information content (AvgIpc) is 3.10. The van der Waals surface area contributed by atoms with Crippen LogP contribution in [0.5, 0.6) is 0 Å². The minimum absolute atomic E-state index is 0.0702. The van der Waals surface area contributed by atoms with Crippen molar-refractivity contribution in [2.75, 3.05) is 0 Å². The molecule has 0 unspecified atom stereocenters. The predicted octanol–water partition coefficient (Wildman–Crippen LogP) is 1.95. The number of aromatic nitrogens is 1. The molecule has 6 nitrogen and oxygen atoms in total. The molecule has 1 amide bonds. The number of carbonyl (C=O) groups is 1. The van der Waals surface area contributed by atoms with Crippen molar-refractivity contribution in [3.05, 3.63) is 34.8 Å². The lowest BCUT2D eigenvalue weighted by Gasteiger charge is -2.08. The number of para-hydroxylation sites is 1. The fraction of sp³-hybridized carbons (Fsp3) is 0.214. The number of oxazole rings is 1. The third-order valence-corrected chi connectivity index (χ3v) is 3.55. The van der Waals surface area contributed by atoms with Gasteiger partial charge in [0.15, 0.2) is 5.58 Å². The molecule has 0 aliphatic heterocycles. The smallest absolute Gasteiger partial charge is 0.268 e. The van der Waals surface area contributed by atoms with Gasteiger partial charge in [-0.25, -0.2) is 4.98 Å². The van der Waals surface area contributed by atoms with Crippen molar-refractivity contribution < 1.29 is 9.21 Å². The van der Waals surface area contributed by atoms with Crippen molar-refractivity contribution in [2.45, 2.75) is 18.4 Å². The number of halogens is 1. The first kappa shape index (κ1) is 13.5. The average molecular weight is 303 g/mol. The molecule has 1 aliphatic rings. The molecule has 0 radical (unpaired) electrons. The largest absolute Gasteiger partial charge is 0.437 e. The second-order valence-corrected chi connectivity index (χ2v) is 5.29. The first-order chi connectivity index (χ1) is 10.0. The predicted molar refractivity (Wildman–Crippen MR) is 76.9 cm³/mol. The minimum atomic E-state index is -0.764. The molecule has 3 N–H and O–H groups in total. The number of hydrogen-bond acceptors (Lipinski definition) is 5. The highest BCUT2D eigenvalue weighted by atomic mass is 35.5. The number of nitrogens with zero attached hydrogens (tertiary/aromatic N) is 2. The molecule has 0 spiro atoms. The van der Waals surface area contributed by atoms with Gasteiger partial charge < -0.3 is 15.5 Å². The van der Waals surface area contributed by atoms with E-state index >= 15 is 0 Å². The Hall–Kier alpha value is -2.52. The number of carbonyl (C=O) groups excluding carboxylic acids is 1. The van der Waals surface area contributed by atoms with Crippen LogP contribution in [0.3, 0.4) is 0 Å². The molecule has 1 aromatic carbocycles. The summed E-state index contributed by atoms with van der Waals surface area (Å²) < 4.78 is 5.44. The van der Waals surface area contributed by atoms with E-state index in [0.29, 0.717) is 29.0 Å². The number of hydrogen-bond donors (Lipinski definition) is 2. The zero-order chi connectivity index (χ0) is 15.0. The maximum absolute atomic E-state index is 11.9. The maximum Gasteiger partial charge on any atom is 0.268 e. The lowest BCUT2D eigenvalue weighted by atomic mass is 10.3. The van der Waals surface area contributed by atoms with E-state index in [9.17, 15) is 4.79 Å². The van der Waals surface area contributed by atoms with Crippen molar-refractivity contribution in [2.24, 2.45) is 5.73 Å². The fourth-order valence-corrected chi connectivity index (χ4v) is 2.08. The highest BCUT2D eigenvalue weighted by Gasteiger charge is 2.44. The molecule has 0 bridgehead atoms. The quantitative estimate of drug-likeness (QED) is 0.843. The molecule has 7 heteroatoms. The van der Waals surface area contributed by atoms with E-state index in [0.717, 1.165) is 0 Å². The summed E-state index contributed by atoms with van der Waals surface area (Å²) in [4.78, 5) is 16.1. The zero-order valence-electron chi connectivity index (χ0n) is 10.9. The molecule has 106 valence electrons. The topological polar surface area (TPSA) is 105 Å². The Balaban J connectivity index is 1.84. The Kier molecular flexibility index (Phi) is 3.07. The molecule has 3 rings (SSSR count). The number of fused-ring (bicyclic) bond motifs is 1. The van der Waals surface area contributed by atoms with Crippen molar-refractivity contribution >= 4 is 34.7 Å². The highest BCUT2D eigenvalue weighted by molar-refractivity contribution is 6.34. The first-order valence-corrected chi connectivity index (χ1v) is 6.67. The van der Waals surface area contributed by atoms with Crippen molar-refractivity contribution in [1.82, 2.24) is 10.3 Å². The van der Waals surface area contributed by atoms with Crippen LogP contribution in [-0.4, -0.2) is 16.4 Å². The molecule has 2 aromatic rings. The van der Waals surface area contributed by atoms with Crippen LogP contribution in [0, 0.1) is 11.3 Å². The van der Waals surface area contributed by atoms with E-state index < -0.39 is 11.4 Å². The molecule has 1 aromatic heterocycles. The van der Waals surface area contributed by atoms with Gasteiger partial charge in [0.05, 0.1) is 11.1 Å². The van der Waals surface area contributed by atoms with E-state index in [4.69, 9.17) is 27.0 Å². The summed E-state index contributed by atoms with van der Waals surface area (Å²) in [5.41, 5.74) is 5.89. The number of amides is 1. The third kappa shape index (κ3) is 2.56. The summed E-state index contributed by atoms with van der Waals surface area (Å²) in [5, 5.41) is 12.0. The minimum Gasteiger partial charge on any atom is -0.437 e. The van der Waals surface area contributed by atoms with Gasteiger partial charge in [-0.2, -0.15) is 5.26 Å². The van der Waals surface area contributed by atoms with Gasteiger partial charge in [-0.1, -0.05) is 17.7 Å². The summed E-state index contributed by atoms with van der Waals surface area (Å²) in [6.07, 6.45) is 2.60. The fourth-order valence-electron chi connectivity index (χ4n) is 1.87. The Morgan fingerprint density at radius 1 is 1.57 bits per heavy atom. The van der Waals surface area contributed by atoms with E-state index in [1.54, 1.807) is 18.2 Å². The van der Waals surface area contributed by atoms with E-state index in [1.165, 1.54) is 6.08 Å². The SMILES string of the molecule is N#CC1(NC(=O)/C(N)=C/c2nc3c(Cl)cccc3o2)CC1. The van der Waals surface area contributed by atoms with Crippen LogP contribution in [-0.2, 0) is 4.79 Å². The molecule has 1 fully saturated rings. The molecular formula is C14H11ClN4O2. The van der Waals surface area contributed by atoms with Crippen molar-refractivity contribution in [1.29, 1.82) is 5.26 Å². The number of benzene rings is 1. The van der Waals surface area contributed by atoms with Crippen LogP contribution in [0.15, 0.2) is 28.3 Å². The second-order valence-electron chi connectivity index (χ2n) is 4.89. The van der Waals surface area contributed by atoms with E-state index in [2.05, 4.69) is 16.4 Å². The van der Waals surface area contributed by atoms with Gasteiger partial charge >= 0.3 is 0 Å². The molecular weight excluding hydrogens is 292 g/mol. The number of nitrogens with two attached hydrogens (primary N) is 1. The van der Waals surface area contributed by atoms with Crippen LogP contribution in [0.2, 0.25) is 5.02 Å². The lowest BCUT2D eigenvalue weighted by Crippen LogP contribution is -2.38. The number of nitrogens with one attached hydrogen (secondary N) is 1. The van der Waals surface area contributed by atoms with Crippen molar-refractivity contribution in [3.8, 4) is 6.07 Å². The number of rotatable bonds is 3. The van der Waals surface area contributed by atoms with Crippen LogP contribution in [0.25, 0.3) is 17.2 Å². The van der Waals surface area contributed by atoms with Gasteiger partial charge in [0.25, 0.3) is 5.91 Å². The third-order valence-electron chi connectivity index (χ3n) is 3.24. The molecule has 0 saturated heterocycles. The maximum atomic E-state index is 11.9. The lowest BCUT2D eigenvalue weighted by molar-refractivity contribution is -0.118. The van der Waals surface area contributed by atoms with E-state index in [-0.39, 0.29) is 11.6 Å². The molecule has 21 heavy (non-hydrogen) atoms. The van der Waals surface area contributed by atoms with Gasteiger partial charge in [-0.15, -0.1) is 0 Å². The standard InChI is InChI=1S/C14H11ClN4O2/c15-8-2-1-3-10-12(8)18-11(21-10)6-9(17)13(20)19-14(7-16)4-5-14/h1-3,6H,4-5,17H2,(H,19,20)/b9-6-. The first-order valence-electron chi connectivity index (χ1n) is 6.29. The Morgan fingerprint density at radius 2 is 2.33 bits per heavy atom. The Morgan fingerprint density at radius 3 is 2.95 bits per heavy atom. The zero-order valence-corrected chi connectivity index (χ0v) is 11.6. The van der Waals surface area contributed by atoms with Gasteiger partial charge in [-0.05, 0) is 25.0 Å². The van der Waals surface area contributed by atoms with Gasteiger partial charge in [0.1, 0.15) is 16.8 Å². The van der Waals surface area contributed by atoms with E-state index in [1.807, 2.05) is 0 Å². The summed E-state index contributed by atoms with van der Waals surface area (Å²) in [7, 11) is 0. The van der Waals surface area contributed by atoms with Crippen LogP contribution >= 0.6 is 11.6 Å².